The molecule has 0 aliphatic carbocycles. The predicted molar refractivity (Wildman–Crippen MR) is 102 cm³/mol. The van der Waals surface area contributed by atoms with Crippen molar-refractivity contribution in [2.45, 2.75) is 46.3 Å². The lowest BCUT2D eigenvalue weighted by atomic mass is 9.88. The van der Waals surface area contributed by atoms with Crippen molar-refractivity contribution in [1.82, 2.24) is 0 Å². The van der Waals surface area contributed by atoms with Gasteiger partial charge in [-0.25, -0.2) is 0 Å². The van der Waals surface area contributed by atoms with Gasteiger partial charge in [0.25, 0.3) is 0 Å². The van der Waals surface area contributed by atoms with Crippen LogP contribution < -0.4 is 0 Å². The van der Waals surface area contributed by atoms with Gasteiger partial charge in [0.2, 0.25) is 0 Å². The second-order valence-electron chi connectivity index (χ2n) is 7.50. The maximum absolute atomic E-state index is 8.59. The Labute approximate surface area is 150 Å². The third-order valence-corrected chi connectivity index (χ3v) is 4.12. The summed E-state index contributed by atoms with van der Waals surface area (Å²) in [5.74, 6) is 0. The van der Waals surface area contributed by atoms with Crippen molar-refractivity contribution in [1.29, 1.82) is 0 Å². The Bertz CT molecular complexity index is 683. The van der Waals surface area contributed by atoms with E-state index in [0.717, 1.165) is 17.5 Å². The van der Waals surface area contributed by atoms with E-state index in [1.165, 1.54) is 12.0 Å². The summed E-state index contributed by atoms with van der Waals surface area (Å²) in [5.41, 5.74) is 12.4. The van der Waals surface area contributed by atoms with E-state index >= 15 is 0 Å². The van der Waals surface area contributed by atoms with E-state index in [4.69, 9.17) is 10.3 Å². The number of nitrogens with zero attached hydrogens (tertiary/aromatic N) is 3. The van der Waals surface area contributed by atoms with Gasteiger partial charge in [0.05, 0.1) is 19.3 Å². The van der Waals surface area contributed by atoms with Gasteiger partial charge in [-0.2, -0.15) is 0 Å². The number of rotatable bonds is 8. The first-order valence-electron chi connectivity index (χ1n) is 8.73. The van der Waals surface area contributed by atoms with Crippen LogP contribution in [-0.2, 0) is 17.8 Å². The number of hydrogen-bond acceptors (Lipinski definition) is 2. The Balaban J connectivity index is 1.94. The Morgan fingerprint density at radius 1 is 1.00 bits per heavy atom. The molecule has 1 atom stereocenters. The first-order chi connectivity index (χ1) is 12.0. The van der Waals surface area contributed by atoms with Crippen molar-refractivity contribution in [3.8, 4) is 0 Å². The Kier molecular flexibility index (Phi) is 7.05. The Morgan fingerprint density at radius 2 is 1.64 bits per heavy atom. The molecule has 0 aliphatic rings. The van der Waals surface area contributed by atoms with Crippen molar-refractivity contribution < 1.29 is 4.74 Å². The van der Waals surface area contributed by atoms with Crippen LogP contribution >= 0.6 is 0 Å². The summed E-state index contributed by atoms with van der Waals surface area (Å²) < 4.78 is 6.01. The molecule has 0 fully saturated rings. The molecule has 0 bridgehead atoms. The molecule has 2 aromatic carbocycles. The molecule has 0 spiro atoms. The van der Waals surface area contributed by atoms with Crippen LogP contribution in [0.5, 0.6) is 0 Å². The zero-order chi connectivity index (χ0) is 18.1. The SMILES string of the molecule is CC(C)(C)CCc1ccc(CO[C@@H](CN=[N+]=[N-])c2ccccc2)cc1. The molecule has 2 rings (SSSR count). The van der Waals surface area contributed by atoms with Gasteiger partial charge < -0.3 is 4.74 Å². The lowest BCUT2D eigenvalue weighted by Gasteiger charge is -2.18. The van der Waals surface area contributed by atoms with Crippen LogP contribution in [0, 0.1) is 5.41 Å². The van der Waals surface area contributed by atoms with Crippen LogP contribution in [0.4, 0.5) is 0 Å². The predicted octanol–water partition coefficient (Wildman–Crippen LogP) is 6.23. The lowest BCUT2D eigenvalue weighted by Crippen LogP contribution is -2.08. The quantitative estimate of drug-likeness (QED) is 0.320. The highest BCUT2D eigenvalue weighted by Gasteiger charge is 2.12. The molecule has 4 heteroatoms. The molecule has 0 heterocycles. The van der Waals surface area contributed by atoms with Crippen LogP contribution in [0.2, 0.25) is 0 Å². The van der Waals surface area contributed by atoms with Gasteiger partial charge in [-0.05, 0) is 40.5 Å². The third-order valence-electron chi connectivity index (χ3n) is 4.12. The third kappa shape index (κ3) is 7.00. The smallest absolute Gasteiger partial charge is 0.0885 e. The molecule has 0 aliphatic heterocycles. The van der Waals surface area contributed by atoms with Gasteiger partial charge in [0.1, 0.15) is 0 Å². The van der Waals surface area contributed by atoms with E-state index in [1.807, 2.05) is 30.3 Å². The first kappa shape index (κ1) is 19.0. The van der Waals surface area contributed by atoms with Crippen LogP contribution in [0.1, 0.15) is 50.0 Å². The maximum atomic E-state index is 8.59. The van der Waals surface area contributed by atoms with Gasteiger partial charge in [-0.1, -0.05) is 80.5 Å². The molecule has 0 radical (unpaired) electrons. The maximum Gasteiger partial charge on any atom is 0.0885 e. The summed E-state index contributed by atoms with van der Waals surface area (Å²) in [5, 5.41) is 3.68. The van der Waals surface area contributed by atoms with Crippen molar-refractivity contribution in [3.05, 3.63) is 81.7 Å². The summed E-state index contributed by atoms with van der Waals surface area (Å²) in [6.45, 7) is 7.60. The van der Waals surface area contributed by atoms with Crippen LogP contribution in [-0.4, -0.2) is 6.54 Å². The molecule has 0 aromatic heterocycles. The highest BCUT2D eigenvalue weighted by atomic mass is 16.5. The largest absolute Gasteiger partial charge is 0.369 e. The van der Waals surface area contributed by atoms with E-state index in [0.29, 0.717) is 18.6 Å². The fourth-order valence-electron chi connectivity index (χ4n) is 2.55. The molecule has 0 unspecified atom stereocenters. The number of hydrogen-bond donors (Lipinski definition) is 0. The first-order valence-corrected chi connectivity index (χ1v) is 8.73. The molecular weight excluding hydrogens is 310 g/mol. The van der Waals surface area contributed by atoms with E-state index in [1.54, 1.807) is 0 Å². The van der Waals surface area contributed by atoms with Gasteiger partial charge in [0.15, 0.2) is 0 Å². The van der Waals surface area contributed by atoms with E-state index < -0.39 is 0 Å². The zero-order valence-corrected chi connectivity index (χ0v) is 15.4. The molecule has 132 valence electrons. The molecule has 0 saturated carbocycles. The van der Waals surface area contributed by atoms with Crippen molar-refractivity contribution >= 4 is 0 Å². The molecule has 0 amide bonds. The molecule has 2 aromatic rings. The second-order valence-corrected chi connectivity index (χ2v) is 7.50. The summed E-state index contributed by atoms with van der Waals surface area (Å²) in [7, 11) is 0. The van der Waals surface area contributed by atoms with E-state index in [2.05, 4.69) is 55.1 Å². The molecule has 0 saturated heterocycles. The van der Waals surface area contributed by atoms with Crippen molar-refractivity contribution in [3.63, 3.8) is 0 Å². The van der Waals surface area contributed by atoms with Gasteiger partial charge in [-0.3, -0.25) is 0 Å². The topological polar surface area (TPSA) is 58.0 Å². The summed E-state index contributed by atoms with van der Waals surface area (Å²) >= 11 is 0. The monoisotopic (exact) mass is 337 g/mol. The minimum Gasteiger partial charge on any atom is -0.369 e. The lowest BCUT2D eigenvalue weighted by molar-refractivity contribution is 0.0457. The minimum absolute atomic E-state index is 0.224. The van der Waals surface area contributed by atoms with Crippen LogP contribution in [0.3, 0.4) is 0 Å². The van der Waals surface area contributed by atoms with Gasteiger partial charge in [-0.15, -0.1) is 0 Å². The fraction of sp³-hybridized carbons (Fsp3) is 0.429. The minimum atomic E-state index is -0.224. The van der Waals surface area contributed by atoms with E-state index in [9.17, 15) is 0 Å². The van der Waals surface area contributed by atoms with Crippen molar-refractivity contribution in [2.75, 3.05) is 6.54 Å². The Hall–Kier alpha value is -2.29. The number of aryl methyl sites for hydroxylation is 1. The summed E-state index contributed by atoms with van der Waals surface area (Å²) in [6.07, 6.45) is 2.04. The van der Waals surface area contributed by atoms with E-state index in [-0.39, 0.29) is 6.10 Å². The van der Waals surface area contributed by atoms with Crippen LogP contribution in [0.25, 0.3) is 10.4 Å². The number of ether oxygens (including phenoxy) is 1. The molecule has 4 nitrogen and oxygen atoms in total. The molecule has 0 N–H and O–H groups in total. The summed E-state index contributed by atoms with van der Waals surface area (Å²) in [4.78, 5) is 2.85. The highest BCUT2D eigenvalue weighted by Crippen LogP contribution is 2.23. The van der Waals surface area contributed by atoms with Crippen LogP contribution in [0.15, 0.2) is 59.7 Å². The molecule has 25 heavy (non-hydrogen) atoms. The Morgan fingerprint density at radius 3 is 2.24 bits per heavy atom. The molecular formula is C21H27N3O. The number of benzene rings is 2. The normalized spacial score (nSPS) is 12.4. The van der Waals surface area contributed by atoms with Gasteiger partial charge >= 0.3 is 0 Å². The van der Waals surface area contributed by atoms with Gasteiger partial charge in [0, 0.05) is 4.91 Å². The standard InChI is InChI=1S/C21H27N3O/c1-21(2,3)14-13-17-9-11-18(12-10-17)16-25-20(15-23-24-22)19-7-5-4-6-8-19/h4-12,20H,13-16H2,1-3H3/t20-/m0/s1. The summed E-state index contributed by atoms with van der Waals surface area (Å²) in [6, 6.07) is 18.5. The highest BCUT2D eigenvalue weighted by molar-refractivity contribution is 5.23. The average molecular weight is 337 g/mol. The van der Waals surface area contributed by atoms with Crippen molar-refractivity contribution in [2.24, 2.45) is 10.5 Å². The number of azide groups is 1. The second kappa shape index (κ2) is 9.26. The fourth-order valence-corrected chi connectivity index (χ4v) is 2.55. The zero-order valence-electron chi connectivity index (χ0n) is 15.4. The average Bonchev–Trinajstić information content (AvgIpc) is 2.61.